The van der Waals surface area contributed by atoms with Crippen molar-refractivity contribution in [3.05, 3.63) is 65.0 Å². The van der Waals surface area contributed by atoms with Crippen molar-refractivity contribution >= 4 is 0 Å². The number of pyridine rings is 1. The van der Waals surface area contributed by atoms with Gasteiger partial charge in [-0.1, -0.05) is 31.2 Å². The Bertz CT molecular complexity index is 506. The molecule has 0 saturated heterocycles. The SMILES string of the molecule is CCc1cccc(C(N)c2ccnc(C)c2)c1. The summed E-state index contributed by atoms with van der Waals surface area (Å²) in [5.41, 5.74) is 10.9. The van der Waals surface area contributed by atoms with E-state index in [1.54, 1.807) is 0 Å². The van der Waals surface area contributed by atoms with Gasteiger partial charge in [0.05, 0.1) is 6.04 Å². The minimum atomic E-state index is -0.0665. The summed E-state index contributed by atoms with van der Waals surface area (Å²) >= 11 is 0. The topological polar surface area (TPSA) is 38.9 Å². The smallest absolute Gasteiger partial charge is 0.0552 e. The summed E-state index contributed by atoms with van der Waals surface area (Å²) in [7, 11) is 0. The summed E-state index contributed by atoms with van der Waals surface area (Å²) < 4.78 is 0. The monoisotopic (exact) mass is 226 g/mol. The van der Waals surface area contributed by atoms with E-state index < -0.39 is 0 Å². The van der Waals surface area contributed by atoms with E-state index in [0.29, 0.717) is 0 Å². The van der Waals surface area contributed by atoms with Gasteiger partial charge in [0.25, 0.3) is 0 Å². The van der Waals surface area contributed by atoms with Crippen LogP contribution in [0.25, 0.3) is 0 Å². The summed E-state index contributed by atoms with van der Waals surface area (Å²) in [6.45, 7) is 4.14. The molecule has 0 aliphatic carbocycles. The third-order valence-electron chi connectivity index (χ3n) is 3.00. The number of aromatic nitrogens is 1. The molecule has 2 N–H and O–H groups in total. The lowest BCUT2D eigenvalue weighted by Gasteiger charge is -2.13. The van der Waals surface area contributed by atoms with E-state index in [2.05, 4.69) is 36.2 Å². The Morgan fingerprint density at radius 2 is 1.94 bits per heavy atom. The zero-order chi connectivity index (χ0) is 12.3. The van der Waals surface area contributed by atoms with Crippen molar-refractivity contribution in [1.29, 1.82) is 0 Å². The Morgan fingerprint density at radius 1 is 1.18 bits per heavy atom. The summed E-state index contributed by atoms with van der Waals surface area (Å²) in [5, 5.41) is 0. The van der Waals surface area contributed by atoms with Crippen LogP contribution in [0.15, 0.2) is 42.6 Å². The van der Waals surface area contributed by atoms with Crippen LogP contribution in [0.1, 0.15) is 35.3 Å². The van der Waals surface area contributed by atoms with E-state index in [4.69, 9.17) is 5.73 Å². The van der Waals surface area contributed by atoms with Crippen molar-refractivity contribution in [3.8, 4) is 0 Å². The Kier molecular flexibility index (Phi) is 3.55. The van der Waals surface area contributed by atoms with Crippen molar-refractivity contribution in [2.24, 2.45) is 5.73 Å². The highest BCUT2D eigenvalue weighted by atomic mass is 14.7. The third kappa shape index (κ3) is 2.71. The van der Waals surface area contributed by atoms with Gasteiger partial charge in [0.15, 0.2) is 0 Å². The molecule has 2 nitrogen and oxygen atoms in total. The normalized spacial score (nSPS) is 12.4. The number of hydrogen-bond acceptors (Lipinski definition) is 2. The predicted octanol–water partition coefficient (Wildman–Crippen LogP) is 3.00. The number of benzene rings is 1. The van der Waals surface area contributed by atoms with Gasteiger partial charge in [0.1, 0.15) is 0 Å². The van der Waals surface area contributed by atoms with Gasteiger partial charge in [-0.2, -0.15) is 0 Å². The maximum Gasteiger partial charge on any atom is 0.0552 e. The molecule has 2 aromatic rings. The van der Waals surface area contributed by atoms with Gasteiger partial charge < -0.3 is 5.73 Å². The van der Waals surface area contributed by atoms with Crippen LogP contribution in [0.3, 0.4) is 0 Å². The standard InChI is InChI=1S/C15H18N2/c1-3-12-5-4-6-13(10-12)15(16)14-7-8-17-11(2)9-14/h4-10,15H,3,16H2,1-2H3. The van der Waals surface area contributed by atoms with Crippen LogP contribution in [0.5, 0.6) is 0 Å². The summed E-state index contributed by atoms with van der Waals surface area (Å²) in [5.74, 6) is 0. The molecular weight excluding hydrogens is 208 g/mol. The van der Waals surface area contributed by atoms with Crippen LogP contribution in [0, 0.1) is 6.92 Å². The minimum Gasteiger partial charge on any atom is -0.320 e. The van der Waals surface area contributed by atoms with Crippen molar-refractivity contribution in [2.75, 3.05) is 0 Å². The van der Waals surface area contributed by atoms with E-state index in [1.165, 1.54) is 5.56 Å². The van der Waals surface area contributed by atoms with Gasteiger partial charge in [-0.3, -0.25) is 4.98 Å². The Hall–Kier alpha value is -1.67. The van der Waals surface area contributed by atoms with Crippen molar-refractivity contribution in [1.82, 2.24) is 4.98 Å². The van der Waals surface area contributed by atoms with Crippen LogP contribution >= 0.6 is 0 Å². The molecule has 0 aliphatic heterocycles. The van der Waals surface area contributed by atoms with E-state index in [0.717, 1.165) is 23.2 Å². The molecule has 1 aromatic carbocycles. The summed E-state index contributed by atoms with van der Waals surface area (Å²) in [4.78, 5) is 4.19. The zero-order valence-corrected chi connectivity index (χ0v) is 10.4. The number of hydrogen-bond donors (Lipinski definition) is 1. The molecule has 0 radical (unpaired) electrons. The number of rotatable bonds is 3. The van der Waals surface area contributed by atoms with Crippen LogP contribution in [0.4, 0.5) is 0 Å². The molecule has 0 bridgehead atoms. The number of nitrogens with zero attached hydrogens (tertiary/aromatic N) is 1. The average molecular weight is 226 g/mol. The molecule has 1 heterocycles. The molecule has 1 atom stereocenters. The molecule has 2 rings (SSSR count). The van der Waals surface area contributed by atoms with Crippen LogP contribution < -0.4 is 5.73 Å². The second-order valence-electron chi connectivity index (χ2n) is 4.31. The highest BCUT2D eigenvalue weighted by Gasteiger charge is 2.09. The van der Waals surface area contributed by atoms with Crippen LogP contribution in [-0.4, -0.2) is 4.98 Å². The maximum atomic E-state index is 6.28. The van der Waals surface area contributed by atoms with Gasteiger partial charge in [0, 0.05) is 11.9 Å². The highest BCUT2D eigenvalue weighted by Crippen LogP contribution is 2.20. The van der Waals surface area contributed by atoms with E-state index in [-0.39, 0.29) is 6.04 Å². The fraction of sp³-hybridized carbons (Fsp3) is 0.267. The first-order valence-electron chi connectivity index (χ1n) is 5.97. The van der Waals surface area contributed by atoms with Crippen LogP contribution in [0.2, 0.25) is 0 Å². The van der Waals surface area contributed by atoms with Crippen molar-refractivity contribution in [2.45, 2.75) is 26.3 Å². The van der Waals surface area contributed by atoms with Gasteiger partial charge in [0.2, 0.25) is 0 Å². The average Bonchev–Trinajstić information content (AvgIpc) is 2.38. The Labute approximate surface area is 103 Å². The van der Waals surface area contributed by atoms with Gasteiger partial charge in [-0.15, -0.1) is 0 Å². The molecule has 0 amide bonds. The quantitative estimate of drug-likeness (QED) is 0.873. The van der Waals surface area contributed by atoms with E-state index >= 15 is 0 Å². The number of aryl methyl sites for hydroxylation is 2. The molecule has 0 spiro atoms. The summed E-state index contributed by atoms with van der Waals surface area (Å²) in [6, 6.07) is 12.4. The van der Waals surface area contributed by atoms with Crippen LogP contribution in [-0.2, 0) is 6.42 Å². The first kappa shape index (κ1) is 11.8. The van der Waals surface area contributed by atoms with Gasteiger partial charge in [-0.05, 0) is 42.2 Å². The molecule has 0 fully saturated rings. The van der Waals surface area contributed by atoms with Gasteiger partial charge >= 0.3 is 0 Å². The molecule has 1 aromatic heterocycles. The molecule has 1 unspecified atom stereocenters. The molecule has 0 saturated carbocycles. The Balaban J connectivity index is 2.33. The third-order valence-corrected chi connectivity index (χ3v) is 3.00. The van der Waals surface area contributed by atoms with E-state index in [9.17, 15) is 0 Å². The first-order valence-corrected chi connectivity index (χ1v) is 5.97. The van der Waals surface area contributed by atoms with Gasteiger partial charge in [-0.25, -0.2) is 0 Å². The zero-order valence-electron chi connectivity index (χ0n) is 10.4. The Morgan fingerprint density at radius 3 is 2.65 bits per heavy atom. The second-order valence-corrected chi connectivity index (χ2v) is 4.31. The lowest BCUT2D eigenvalue weighted by molar-refractivity contribution is 0.860. The first-order chi connectivity index (χ1) is 8.20. The maximum absolute atomic E-state index is 6.28. The predicted molar refractivity (Wildman–Crippen MR) is 70.8 cm³/mol. The minimum absolute atomic E-state index is 0.0665. The molecule has 17 heavy (non-hydrogen) atoms. The number of nitrogens with two attached hydrogens (primary N) is 1. The van der Waals surface area contributed by atoms with E-state index in [1.807, 2.05) is 25.3 Å². The summed E-state index contributed by atoms with van der Waals surface area (Å²) in [6.07, 6.45) is 2.85. The molecular formula is C15H18N2. The molecule has 2 heteroatoms. The van der Waals surface area contributed by atoms with Crippen molar-refractivity contribution < 1.29 is 0 Å². The fourth-order valence-corrected chi connectivity index (χ4v) is 1.96. The van der Waals surface area contributed by atoms with Crippen molar-refractivity contribution in [3.63, 3.8) is 0 Å². The molecule has 88 valence electrons. The largest absolute Gasteiger partial charge is 0.320 e. The highest BCUT2D eigenvalue weighted by molar-refractivity contribution is 5.33. The lowest BCUT2D eigenvalue weighted by atomic mass is 9.98. The lowest BCUT2D eigenvalue weighted by Crippen LogP contribution is -2.12. The molecule has 0 aliphatic rings. The second kappa shape index (κ2) is 5.11. The fourth-order valence-electron chi connectivity index (χ4n) is 1.96.